The first-order valence-corrected chi connectivity index (χ1v) is 7.19. The number of hydrogen-bond acceptors (Lipinski definition) is 7. The fourth-order valence-electron chi connectivity index (χ4n) is 2.79. The molecule has 0 unspecified atom stereocenters. The van der Waals surface area contributed by atoms with E-state index in [9.17, 15) is 10.2 Å². The summed E-state index contributed by atoms with van der Waals surface area (Å²) in [7, 11) is 3.04. The van der Waals surface area contributed by atoms with Crippen LogP contribution in [0.2, 0.25) is 0 Å². The average molecular weight is 305 g/mol. The second-order valence-corrected chi connectivity index (χ2v) is 5.51. The van der Waals surface area contributed by atoms with Crippen molar-refractivity contribution < 1.29 is 33.9 Å². The van der Waals surface area contributed by atoms with Gasteiger partial charge in [0.25, 0.3) is 0 Å². The highest BCUT2D eigenvalue weighted by molar-refractivity contribution is 4.91. The van der Waals surface area contributed by atoms with E-state index in [0.29, 0.717) is 6.42 Å². The molecule has 0 aromatic carbocycles. The Kier molecular flexibility index (Phi) is 5.96. The molecule has 2 fully saturated rings. The van der Waals surface area contributed by atoms with Gasteiger partial charge in [-0.3, -0.25) is 0 Å². The minimum atomic E-state index is -1.09. The zero-order valence-corrected chi connectivity index (χ0v) is 12.8. The molecule has 0 aliphatic carbocycles. The van der Waals surface area contributed by atoms with Crippen LogP contribution in [0.1, 0.15) is 20.3 Å². The van der Waals surface area contributed by atoms with E-state index in [-0.39, 0.29) is 18.3 Å². The lowest BCUT2D eigenvalue weighted by molar-refractivity contribution is -0.324. The first-order valence-electron chi connectivity index (χ1n) is 7.19. The van der Waals surface area contributed by atoms with Crippen LogP contribution in [0.4, 0.5) is 0 Å². The van der Waals surface area contributed by atoms with Gasteiger partial charge in [0.1, 0.15) is 24.4 Å². The van der Waals surface area contributed by atoms with E-state index in [1.165, 1.54) is 7.11 Å². The molecule has 2 N–H and O–H groups in total. The zero-order valence-electron chi connectivity index (χ0n) is 12.8. The van der Waals surface area contributed by atoms with Crippen molar-refractivity contribution in [3.8, 4) is 0 Å². The van der Waals surface area contributed by atoms with E-state index in [4.69, 9.17) is 23.7 Å². The van der Waals surface area contributed by atoms with Gasteiger partial charge in [-0.2, -0.15) is 0 Å². The monoisotopic (exact) mass is 305 g/mol. The molecule has 0 amide bonds. The summed E-state index contributed by atoms with van der Waals surface area (Å²) in [5, 5.41) is 20.2. The first-order chi connectivity index (χ1) is 9.99. The van der Waals surface area contributed by atoms with Crippen LogP contribution in [-0.4, -0.2) is 73.5 Å². The van der Waals surface area contributed by atoms with Gasteiger partial charge in [0.15, 0.2) is 6.29 Å². The van der Waals surface area contributed by atoms with Crippen molar-refractivity contribution in [1.82, 2.24) is 0 Å². The fraction of sp³-hybridized carbons (Fsp3) is 0.929. The van der Waals surface area contributed by atoms with Gasteiger partial charge in [0.05, 0.1) is 24.9 Å². The molecule has 0 aromatic heterocycles. The third-order valence-corrected chi connectivity index (χ3v) is 4.12. The Morgan fingerprint density at radius 2 is 1.71 bits per heavy atom. The van der Waals surface area contributed by atoms with Gasteiger partial charge in [0.2, 0.25) is 0 Å². The summed E-state index contributed by atoms with van der Waals surface area (Å²) in [6.07, 6.45) is -4.33. The van der Waals surface area contributed by atoms with Gasteiger partial charge in [-0.15, -0.1) is 0 Å². The maximum atomic E-state index is 10.3. The topological polar surface area (TPSA) is 86.6 Å². The molecule has 8 atom stereocenters. The largest absolute Gasteiger partial charge is 0.388 e. The molecule has 7 heteroatoms. The van der Waals surface area contributed by atoms with Crippen LogP contribution in [0.5, 0.6) is 0 Å². The van der Waals surface area contributed by atoms with Gasteiger partial charge >= 0.3 is 0 Å². The van der Waals surface area contributed by atoms with Crippen molar-refractivity contribution in [1.29, 1.82) is 0 Å². The minimum Gasteiger partial charge on any atom is -0.388 e. The Bertz CT molecular complexity index is 326. The molecule has 1 radical (unpaired) electrons. The van der Waals surface area contributed by atoms with Crippen LogP contribution in [-0.2, 0) is 23.7 Å². The molecule has 0 bridgehead atoms. The lowest BCUT2D eigenvalue weighted by Gasteiger charge is -2.44. The minimum absolute atomic E-state index is 0.173. The van der Waals surface area contributed by atoms with Gasteiger partial charge < -0.3 is 33.9 Å². The Hall–Kier alpha value is -0.280. The maximum Gasteiger partial charge on any atom is 0.187 e. The first kappa shape index (κ1) is 17.1. The van der Waals surface area contributed by atoms with Crippen molar-refractivity contribution >= 4 is 0 Å². The van der Waals surface area contributed by atoms with Gasteiger partial charge in [-0.25, -0.2) is 0 Å². The van der Waals surface area contributed by atoms with Crippen molar-refractivity contribution in [2.75, 3.05) is 14.2 Å². The van der Waals surface area contributed by atoms with Crippen LogP contribution >= 0.6 is 0 Å². The van der Waals surface area contributed by atoms with E-state index < -0.39 is 30.7 Å². The highest BCUT2D eigenvalue weighted by atomic mass is 16.7. The summed E-state index contributed by atoms with van der Waals surface area (Å²) in [6.45, 7) is 5.27. The lowest BCUT2D eigenvalue weighted by atomic mass is 9.98. The van der Waals surface area contributed by atoms with E-state index in [1.54, 1.807) is 20.6 Å². The number of rotatable bonds is 4. The van der Waals surface area contributed by atoms with Gasteiger partial charge in [0, 0.05) is 20.6 Å². The molecular formula is C14H25O7. The Morgan fingerprint density at radius 1 is 1.00 bits per heavy atom. The van der Waals surface area contributed by atoms with Crippen LogP contribution in [0.25, 0.3) is 0 Å². The van der Waals surface area contributed by atoms with Crippen LogP contribution in [0, 0.1) is 6.61 Å². The molecular weight excluding hydrogens is 280 g/mol. The Labute approximate surface area is 125 Å². The third kappa shape index (κ3) is 3.56. The SMILES string of the molecule is CO[C@H]1[C@@H](O)[C@H](O[C@@H]2[C@@H](C)O[CH]C[C@H]2OC)O[C@H](C)[C@H]1O. The molecule has 0 spiro atoms. The summed E-state index contributed by atoms with van der Waals surface area (Å²) in [4.78, 5) is 0. The van der Waals surface area contributed by atoms with E-state index in [1.807, 2.05) is 6.92 Å². The molecule has 2 rings (SSSR count). The molecule has 2 heterocycles. The smallest absolute Gasteiger partial charge is 0.187 e. The van der Waals surface area contributed by atoms with E-state index >= 15 is 0 Å². The predicted octanol–water partition coefficient (Wildman–Crippen LogP) is -0.161. The highest BCUT2D eigenvalue weighted by Crippen LogP contribution is 2.29. The second-order valence-electron chi connectivity index (χ2n) is 5.51. The number of aliphatic hydroxyl groups excluding tert-OH is 2. The average Bonchev–Trinajstić information content (AvgIpc) is 2.47. The number of ether oxygens (including phenoxy) is 5. The molecule has 2 saturated heterocycles. The molecule has 0 aromatic rings. The molecule has 2 aliphatic heterocycles. The second kappa shape index (κ2) is 7.32. The summed E-state index contributed by atoms with van der Waals surface area (Å²) in [5.41, 5.74) is 0. The summed E-state index contributed by atoms with van der Waals surface area (Å²) in [6, 6.07) is 0. The highest BCUT2D eigenvalue weighted by Gasteiger charge is 2.46. The number of methoxy groups -OCH3 is 2. The quantitative estimate of drug-likeness (QED) is 0.746. The fourth-order valence-corrected chi connectivity index (χ4v) is 2.79. The van der Waals surface area contributed by atoms with Crippen molar-refractivity contribution in [3.63, 3.8) is 0 Å². The standard InChI is InChI=1S/C14H25O7/c1-7-10(15)13(18-4)11(16)14(20-7)21-12-8(2)19-6-5-9(12)17-3/h6-16H,5H2,1-4H3/t7-,8-,9-,10-,11-,12-,13-,14+/m1/s1. The number of hydrogen-bond donors (Lipinski definition) is 2. The molecule has 21 heavy (non-hydrogen) atoms. The van der Waals surface area contributed by atoms with Crippen LogP contribution in [0.3, 0.4) is 0 Å². The van der Waals surface area contributed by atoms with Crippen LogP contribution < -0.4 is 0 Å². The molecule has 2 aliphatic rings. The zero-order chi connectivity index (χ0) is 15.6. The maximum absolute atomic E-state index is 10.3. The number of aliphatic hydroxyl groups is 2. The lowest BCUT2D eigenvalue weighted by Crippen LogP contribution is -2.60. The van der Waals surface area contributed by atoms with E-state index in [0.717, 1.165) is 0 Å². The Balaban J connectivity index is 2.06. The normalized spacial score (nSPS) is 48.3. The summed E-state index contributed by atoms with van der Waals surface area (Å²) >= 11 is 0. The van der Waals surface area contributed by atoms with Crippen molar-refractivity contribution in [2.45, 2.75) is 69.3 Å². The van der Waals surface area contributed by atoms with Crippen molar-refractivity contribution in [3.05, 3.63) is 6.61 Å². The van der Waals surface area contributed by atoms with E-state index in [2.05, 4.69) is 0 Å². The van der Waals surface area contributed by atoms with Gasteiger partial charge in [-0.05, 0) is 13.8 Å². The van der Waals surface area contributed by atoms with Gasteiger partial charge in [-0.1, -0.05) is 0 Å². The predicted molar refractivity (Wildman–Crippen MR) is 72.3 cm³/mol. The molecule has 7 nitrogen and oxygen atoms in total. The van der Waals surface area contributed by atoms with Crippen LogP contribution in [0.15, 0.2) is 0 Å². The molecule has 123 valence electrons. The van der Waals surface area contributed by atoms with Crippen molar-refractivity contribution in [2.24, 2.45) is 0 Å². The molecule has 0 saturated carbocycles. The summed E-state index contributed by atoms with van der Waals surface area (Å²) < 4.78 is 27.4. The third-order valence-electron chi connectivity index (χ3n) is 4.12. The summed E-state index contributed by atoms with van der Waals surface area (Å²) in [5.74, 6) is 0. The Morgan fingerprint density at radius 3 is 2.33 bits per heavy atom.